The molecule has 0 aliphatic heterocycles. The molecule has 0 atom stereocenters. The quantitative estimate of drug-likeness (QED) is 0.450. The van der Waals surface area contributed by atoms with Gasteiger partial charge in [-0.3, -0.25) is 0 Å². The second-order valence-corrected chi connectivity index (χ2v) is 4.37. The first-order valence-corrected chi connectivity index (χ1v) is 6.29. The topological polar surface area (TPSA) is 9.23 Å². The maximum Gasteiger partial charge on any atom is 0.0500 e. The zero-order valence-corrected chi connectivity index (χ0v) is 10.9. The van der Waals surface area contributed by atoms with Crippen molar-refractivity contribution >= 4 is 0 Å². The summed E-state index contributed by atoms with van der Waals surface area (Å²) >= 11 is 0. The van der Waals surface area contributed by atoms with Crippen molar-refractivity contribution in [2.45, 2.75) is 25.7 Å². The van der Waals surface area contributed by atoms with Crippen LogP contribution in [0.4, 0.5) is 0 Å². The summed E-state index contributed by atoms with van der Waals surface area (Å²) in [5.74, 6) is 1.02. The fourth-order valence-electron chi connectivity index (χ4n) is 1.81. The molecule has 0 rings (SSSR count). The molecule has 0 unspecified atom stereocenters. The van der Waals surface area contributed by atoms with Gasteiger partial charge in [0.05, 0.1) is 0 Å². The highest BCUT2D eigenvalue weighted by molar-refractivity contribution is 4.81. The molecule has 0 saturated carbocycles. The van der Waals surface area contributed by atoms with E-state index in [1.165, 1.54) is 0 Å². The normalized spacial score (nSPS) is 10.5. The predicted molar refractivity (Wildman–Crippen MR) is 77.1 cm³/mol. The Balaban J connectivity index is 3.88. The molecule has 0 spiro atoms. The fraction of sp³-hybridized carbons (Fsp3) is 0.500. The molecule has 0 amide bonds. The highest BCUT2D eigenvalue weighted by atomic mass is 16.5. The molecule has 0 bridgehead atoms. The Morgan fingerprint density at radius 1 is 0.647 bits per heavy atom. The van der Waals surface area contributed by atoms with Gasteiger partial charge in [0, 0.05) is 13.2 Å². The number of hydrogen-bond donors (Lipinski definition) is 0. The first-order chi connectivity index (χ1) is 8.28. The van der Waals surface area contributed by atoms with Crippen molar-refractivity contribution < 1.29 is 4.74 Å². The lowest BCUT2D eigenvalue weighted by Crippen LogP contribution is -2.14. The lowest BCUT2D eigenvalue weighted by atomic mass is 10.0. The van der Waals surface area contributed by atoms with Crippen LogP contribution < -0.4 is 0 Å². The van der Waals surface area contributed by atoms with Gasteiger partial charge in [-0.25, -0.2) is 0 Å². The molecule has 0 heterocycles. The molecule has 0 aromatic heterocycles. The lowest BCUT2D eigenvalue weighted by molar-refractivity contribution is 0.0736. The van der Waals surface area contributed by atoms with Crippen molar-refractivity contribution in [2.24, 2.45) is 11.8 Å². The molecule has 0 aliphatic carbocycles. The highest BCUT2D eigenvalue weighted by Crippen LogP contribution is 2.14. The summed E-state index contributed by atoms with van der Waals surface area (Å²) in [5.41, 5.74) is 0. The average molecular weight is 234 g/mol. The molecule has 0 aromatic carbocycles. The zero-order valence-electron chi connectivity index (χ0n) is 10.9. The second-order valence-electron chi connectivity index (χ2n) is 4.37. The Bertz CT molecular complexity index is 186. The van der Waals surface area contributed by atoms with Crippen LogP contribution in [0.25, 0.3) is 0 Å². The molecule has 17 heavy (non-hydrogen) atoms. The Hall–Kier alpha value is -1.08. The largest absolute Gasteiger partial charge is 0.381 e. The first-order valence-electron chi connectivity index (χ1n) is 6.29. The van der Waals surface area contributed by atoms with Crippen molar-refractivity contribution in [3.8, 4) is 0 Å². The van der Waals surface area contributed by atoms with Gasteiger partial charge in [-0.1, -0.05) is 24.3 Å². The Kier molecular flexibility index (Phi) is 10.7. The van der Waals surface area contributed by atoms with Crippen LogP contribution >= 0.6 is 0 Å². The van der Waals surface area contributed by atoms with Crippen LogP contribution in [0.2, 0.25) is 0 Å². The SMILES string of the molecule is C=CCC(CC=C)COCC(CC=C)CC=C. The summed E-state index contributed by atoms with van der Waals surface area (Å²) in [6, 6.07) is 0. The van der Waals surface area contributed by atoms with Gasteiger partial charge in [0.25, 0.3) is 0 Å². The molecule has 0 radical (unpaired) electrons. The third-order valence-corrected chi connectivity index (χ3v) is 2.71. The molecule has 0 N–H and O–H groups in total. The van der Waals surface area contributed by atoms with Crippen molar-refractivity contribution in [3.05, 3.63) is 50.6 Å². The number of rotatable bonds is 12. The predicted octanol–water partition coefficient (Wildman–Crippen LogP) is 4.54. The van der Waals surface area contributed by atoms with Crippen LogP contribution in [0.1, 0.15) is 25.7 Å². The van der Waals surface area contributed by atoms with E-state index in [2.05, 4.69) is 26.3 Å². The van der Waals surface area contributed by atoms with Gasteiger partial charge in [0.2, 0.25) is 0 Å². The Morgan fingerprint density at radius 2 is 0.941 bits per heavy atom. The summed E-state index contributed by atoms with van der Waals surface area (Å²) < 4.78 is 5.78. The minimum absolute atomic E-state index is 0.512. The zero-order chi connectivity index (χ0) is 12.9. The van der Waals surface area contributed by atoms with E-state index in [1.54, 1.807) is 0 Å². The summed E-state index contributed by atoms with van der Waals surface area (Å²) in [6.45, 7) is 16.6. The molecule has 0 fully saturated rings. The molecule has 0 saturated heterocycles. The van der Waals surface area contributed by atoms with E-state index in [9.17, 15) is 0 Å². The smallest absolute Gasteiger partial charge is 0.0500 e. The highest BCUT2D eigenvalue weighted by Gasteiger charge is 2.08. The number of allylic oxidation sites excluding steroid dienone is 4. The van der Waals surface area contributed by atoms with Crippen LogP contribution in [-0.4, -0.2) is 13.2 Å². The summed E-state index contributed by atoms with van der Waals surface area (Å²) in [7, 11) is 0. The van der Waals surface area contributed by atoms with Gasteiger partial charge in [-0.05, 0) is 37.5 Å². The summed E-state index contributed by atoms with van der Waals surface area (Å²) in [5, 5.41) is 0. The monoisotopic (exact) mass is 234 g/mol. The van der Waals surface area contributed by atoms with E-state index in [4.69, 9.17) is 4.74 Å². The molecule has 0 aromatic rings. The first kappa shape index (κ1) is 15.9. The van der Waals surface area contributed by atoms with Gasteiger partial charge >= 0.3 is 0 Å². The van der Waals surface area contributed by atoms with Gasteiger partial charge in [-0.15, -0.1) is 26.3 Å². The maximum atomic E-state index is 5.78. The standard InChI is InChI=1S/C16H26O/c1-5-9-15(10-6-2)13-17-14-16(11-7-3)12-8-4/h5-8,15-16H,1-4,9-14H2. The molecule has 1 nitrogen and oxygen atoms in total. The van der Waals surface area contributed by atoms with E-state index < -0.39 is 0 Å². The lowest BCUT2D eigenvalue weighted by Gasteiger charge is -2.17. The van der Waals surface area contributed by atoms with E-state index in [0.29, 0.717) is 11.8 Å². The third-order valence-electron chi connectivity index (χ3n) is 2.71. The van der Waals surface area contributed by atoms with Crippen molar-refractivity contribution in [3.63, 3.8) is 0 Å². The minimum Gasteiger partial charge on any atom is -0.381 e. The van der Waals surface area contributed by atoms with Crippen LogP contribution in [0, 0.1) is 11.8 Å². The van der Waals surface area contributed by atoms with Gasteiger partial charge < -0.3 is 4.74 Å². The minimum atomic E-state index is 0.512. The van der Waals surface area contributed by atoms with Crippen LogP contribution in [-0.2, 0) is 4.74 Å². The third kappa shape index (κ3) is 8.70. The number of hydrogen-bond acceptors (Lipinski definition) is 1. The molecule has 1 heteroatoms. The van der Waals surface area contributed by atoms with Crippen LogP contribution in [0.5, 0.6) is 0 Å². The fourth-order valence-corrected chi connectivity index (χ4v) is 1.81. The average Bonchev–Trinajstić information content (AvgIpc) is 2.30. The van der Waals surface area contributed by atoms with Crippen LogP contribution in [0.15, 0.2) is 50.6 Å². The van der Waals surface area contributed by atoms with Gasteiger partial charge in [-0.2, -0.15) is 0 Å². The van der Waals surface area contributed by atoms with E-state index in [0.717, 1.165) is 38.9 Å². The Morgan fingerprint density at radius 3 is 1.18 bits per heavy atom. The molecular weight excluding hydrogens is 208 g/mol. The van der Waals surface area contributed by atoms with Gasteiger partial charge in [0.15, 0.2) is 0 Å². The van der Waals surface area contributed by atoms with Crippen LogP contribution in [0.3, 0.4) is 0 Å². The maximum absolute atomic E-state index is 5.78. The van der Waals surface area contributed by atoms with E-state index >= 15 is 0 Å². The van der Waals surface area contributed by atoms with E-state index in [1.807, 2.05) is 24.3 Å². The van der Waals surface area contributed by atoms with Crippen molar-refractivity contribution in [2.75, 3.05) is 13.2 Å². The molecule has 0 aliphatic rings. The van der Waals surface area contributed by atoms with Gasteiger partial charge in [0.1, 0.15) is 0 Å². The Labute approximate surface area is 107 Å². The second kappa shape index (κ2) is 11.4. The van der Waals surface area contributed by atoms with Crippen molar-refractivity contribution in [1.82, 2.24) is 0 Å². The van der Waals surface area contributed by atoms with Crippen molar-refractivity contribution in [1.29, 1.82) is 0 Å². The summed E-state index contributed by atoms with van der Waals surface area (Å²) in [6.07, 6.45) is 11.7. The summed E-state index contributed by atoms with van der Waals surface area (Å²) in [4.78, 5) is 0. The molecular formula is C16H26O. The van der Waals surface area contributed by atoms with E-state index in [-0.39, 0.29) is 0 Å². The number of ether oxygens (including phenoxy) is 1. The molecule has 96 valence electrons.